The van der Waals surface area contributed by atoms with Crippen molar-refractivity contribution in [3.63, 3.8) is 0 Å². The highest BCUT2D eigenvalue weighted by Crippen LogP contribution is 2.33. The summed E-state index contributed by atoms with van der Waals surface area (Å²) in [5.41, 5.74) is 1.50. The number of benzene rings is 1. The van der Waals surface area contributed by atoms with E-state index in [-0.39, 0.29) is 18.3 Å². The zero-order valence-corrected chi connectivity index (χ0v) is 12.0. The molecule has 0 unspecified atom stereocenters. The standard InChI is InChI=1S/C15H20F4N2/c1-11-10-12(16)2-3-13(11)14(4-5-15(17,18)19)21-8-6-20-7-9-21/h2-3,10,14,20H,4-9H2,1H3/t14-/m1/s1. The van der Waals surface area contributed by atoms with Gasteiger partial charge in [0.05, 0.1) is 0 Å². The molecule has 21 heavy (non-hydrogen) atoms. The zero-order valence-electron chi connectivity index (χ0n) is 12.0. The van der Waals surface area contributed by atoms with Crippen molar-refractivity contribution in [2.24, 2.45) is 0 Å². The Morgan fingerprint density at radius 3 is 2.48 bits per heavy atom. The van der Waals surface area contributed by atoms with Gasteiger partial charge in [-0.25, -0.2) is 4.39 Å². The van der Waals surface area contributed by atoms with Gasteiger partial charge in [-0.05, 0) is 36.6 Å². The van der Waals surface area contributed by atoms with Crippen LogP contribution in [0.25, 0.3) is 0 Å². The Bertz CT molecular complexity index is 467. The lowest BCUT2D eigenvalue weighted by atomic mass is 9.95. The molecule has 0 amide bonds. The highest BCUT2D eigenvalue weighted by molar-refractivity contribution is 5.29. The first-order valence-electron chi connectivity index (χ1n) is 7.14. The monoisotopic (exact) mass is 304 g/mol. The predicted molar refractivity (Wildman–Crippen MR) is 73.6 cm³/mol. The predicted octanol–water partition coefficient (Wildman–Crippen LogP) is 3.42. The molecule has 2 rings (SSSR count). The molecule has 1 aromatic rings. The van der Waals surface area contributed by atoms with Gasteiger partial charge in [0.2, 0.25) is 0 Å². The maximum atomic E-state index is 13.2. The third-order valence-electron chi connectivity index (χ3n) is 3.88. The maximum Gasteiger partial charge on any atom is 0.389 e. The molecule has 1 fully saturated rings. The van der Waals surface area contributed by atoms with Crippen LogP contribution in [0.3, 0.4) is 0 Å². The normalized spacial score (nSPS) is 18.7. The fourth-order valence-electron chi connectivity index (χ4n) is 2.84. The van der Waals surface area contributed by atoms with Gasteiger partial charge < -0.3 is 5.32 Å². The summed E-state index contributed by atoms with van der Waals surface area (Å²) in [5, 5.41) is 3.19. The number of hydrogen-bond acceptors (Lipinski definition) is 2. The van der Waals surface area contributed by atoms with Gasteiger partial charge in [-0.3, -0.25) is 4.90 Å². The van der Waals surface area contributed by atoms with E-state index >= 15 is 0 Å². The fourth-order valence-corrected chi connectivity index (χ4v) is 2.84. The molecule has 6 heteroatoms. The van der Waals surface area contributed by atoms with E-state index in [4.69, 9.17) is 0 Å². The van der Waals surface area contributed by atoms with Crippen LogP contribution < -0.4 is 5.32 Å². The summed E-state index contributed by atoms with van der Waals surface area (Å²) in [6, 6.07) is 4.02. The summed E-state index contributed by atoms with van der Waals surface area (Å²) < 4.78 is 50.9. The second-order valence-corrected chi connectivity index (χ2v) is 5.46. The summed E-state index contributed by atoms with van der Waals surface area (Å²) in [4.78, 5) is 2.06. The molecule has 0 spiro atoms. The number of piperazine rings is 1. The molecule has 0 radical (unpaired) electrons. The van der Waals surface area contributed by atoms with E-state index in [1.165, 1.54) is 12.1 Å². The van der Waals surface area contributed by atoms with Crippen LogP contribution in [0, 0.1) is 12.7 Å². The van der Waals surface area contributed by atoms with Crippen molar-refractivity contribution >= 4 is 0 Å². The van der Waals surface area contributed by atoms with Crippen molar-refractivity contribution in [1.82, 2.24) is 10.2 Å². The molecule has 1 aliphatic heterocycles. The molecule has 1 aromatic carbocycles. The first-order chi connectivity index (χ1) is 9.87. The molecule has 0 aliphatic carbocycles. The molecule has 0 aromatic heterocycles. The Balaban J connectivity index is 2.21. The quantitative estimate of drug-likeness (QED) is 0.858. The smallest absolute Gasteiger partial charge is 0.314 e. The third-order valence-corrected chi connectivity index (χ3v) is 3.88. The van der Waals surface area contributed by atoms with Crippen molar-refractivity contribution in [3.8, 4) is 0 Å². The number of hydrogen-bond donors (Lipinski definition) is 1. The minimum absolute atomic E-state index is 0.00989. The highest BCUT2D eigenvalue weighted by atomic mass is 19.4. The molecule has 1 saturated heterocycles. The molecule has 2 nitrogen and oxygen atoms in total. The van der Waals surface area contributed by atoms with E-state index in [9.17, 15) is 17.6 Å². The second-order valence-electron chi connectivity index (χ2n) is 5.46. The van der Waals surface area contributed by atoms with E-state index in [0.29, 0.717) is 18.7 Å². The topological polar surface area (TPSA) is 15.3 Å². The number of nitrogens with zero attached hydrogens (tertiary/aromatic N) is 1. The Hall–Kier alpha value is -1.14. The van der Waals surface area contributed by atoms with Crippen LogP contribution in [0.1, 0.15) is 30.0 Å². The molecule has 1 atom stereocenters. The summed E-state index contributed by atoms with van der Waals surface area (Å²) in [5.74, 6) is -0.355. The largest absolute Gasteiger partial charge is 0.389 e. The molecule has 1 N–H and O–H groups in total. The number of aryl methyl sites for hydroxylation is 1. The van der Waals surface area contributed by atoms with Crippen molar-refractivity contribution in [3.05, 3.63) is 35.1 Å². The van der Waals surface area contributed by atoms with Gasteiger partial charge in [-0.2, -0.15) is 13.2 Å². The molecule has 1 aliphatic rings. The molecular formula is C15H20F4N2. The lowest BCUT2D eigenvalue weighted by Crippen LogP contribution is -2.45. The van der Waals surface area contributed by atoms with Gasteiger partial charge in [-0.15, -0.1) is 0 Å². The van der Waals surface area contributed by atoms with Crippen LogP contribution >= 0.6 is 0 Å². The summed E-state index contributed by atoms with van der Waals surface area (Å²) in [6.07, 6.45) is -4.98. The van der Waals surface area contributed by atoms with E-state index in [0.717, 1.165) is 18.7 Å². The van der Waals surface area contributed by atoms with E-state index < -0.39 is 12.6 Å². The number of alkyl halides is 3. The average Bonchev–Trinajstić information content (AvgIpc) is 2.41. The van der Waals surface area contributed by atoms with Crippen LogP contribution in [0.5, 0.6) is 0 Å². The molecule has 0 bridgehead atoms. The minimum atomic E-state index is -4.17. The summed E-state index contributed by atoms with van der Waals surface area (Å²) in [7, 11) is 0. The third kappa shape index (κ3) is 4.68. The Labute approximate surface area is 122 Å². The van der Waals surface area contributed by atoms with Gasteiger partial charge in [-0.1, -0.05) is 6.07 Å². The maximum absolute atomic E-state index is 13.2. The lowest BCUT2D eigenvalue weighted by Gasteiger charge is -2.36. The molecule has 1 heterocycles. The highest BCUT2D eigenvalue weighted by Gasteiger charge is 2.31. The zero-order chi connectivity index (χ0) is 15.5. The molecule has 118 valence electrons. The van der Waals surface area contributed by atoms with Crippen molar-refractivity contribution in [1.29, 1.82) is 0 Å². The first-order valence-corrected chi connectivity index (χ1v) is 7.14. The Kier molecular flexibility index (Phi) is 5.22. The Morgan fingerprint density at radius 1 is 1.24 bits per heavy atom. The number of rotatable bonds is 4. The van der Waals surface area contributed by atoms with Gasteiger partial charge in [0.15, 0.2) is 0 Å². The fraction of sp³-hybridized carbons (Fsp3) is 0.600. The van der Waals surface area contributed by atoms with Crippen LogP contribution in [0.2, 0.25) is 0 Å². The summed E-state index contributed by atoms with van der Waals surface area (Å²) >= 11 is 0. The van der Waals surface area contributed by atoms with Gasteiger partial charge >= 0.3 is 6.18 Å². The van der Waals surface area contributed by atoms with Gasteiger partial charge in [0, 0.05) is 38.6 Å². The summed E-state index contributed by atoms with van der Waals surface area (Å²) in [6.45, 7) is 4.70. The van der Waals surface area contributed by atoms with Crippen LogP contribution in [-0.4, -0.2) is 37.3 Å². The Morgan fingerprint density at radius 2 is 1.90 bits per heavy atom. The molecular weight excluding hydrogens is 284 g/mol. The number of nitrogens with one attached hydrogen (secondary N) is 1. The van der Waals surface area contributed by atoms with E-state index in [1.807, 2.05) is 0 Å². The lowest BCUT2D eigenvalue weighted by molar-refractivity contribution is -0.138. The van der Waals surface area contributed by atoms with Crippen LogP contribution in [0.4, 0.5) is 17.6 Å². The van der Waals surface area contributed by atoms with Crippen LogP contribution in [0.15, 0.2) is 18.2 Å². The number of halogens is 4. The molecule has 0 saturated carbocycles. The SMILES string of the molecule is Cc1cc(F)ccc1[C@@H](CCC(F)(F)F)N1CCNCC1. The van der Waals surface area contributed by atoms with E-state index in [1.54, 1.807) is 13.0 Å². The van der Waals surface area contributed by atoms with Crippen molar-refractivity contribution < 1.29 is 17.6 Å². The van der Waals surface area contributed by atoms with Gasteiger partial charge in [0.25, 0.3) is 0 Å². The second kappa shape index (κ2) is 6.75. The first kappa shape index (κ1) is 16.2. The van der Waals surface area contributed by atoms with Crippen molar-refractivity contribution in [2.45, 2.75) is 32.0 Å². The van der Waals surface area contributed by atoms with Gasteiger partial charge in [0.1, 0.15) is 5.82 Å². The minimum Gasteiger partial charge on any atom is -0.314 e. The van der Waals surface area contributed by atoms with Crippen molar-refractivity contribution in [2.75, 3.05) is 26.2 Å². The average molecular weight is 304 g/mol. The van der Waals surface area contributed by atoms with Crippen LogP contribution in [-0.2, 0) is 0 Å². The van der Waals surface area contributed by atoms with E-state index in [2.05, 4.69) is 10.2 Å².